The number of nitrogens with one attached hydrogen (secondary N) is 3. The molecule has 0 aromatic carbocycles. The number of halogens is 2. The second-order valence-electron chi connectivity index (χ2n) is 11.1. The number of rotatable bonds is 7. The molecule has 7 unspecified atom stereocenters. The molecule has 5 heterocycles. The third-order valence-corrected chi connectivity index (χ3v) is 8.48. The lowest BCUT2D eigenvalue weighted by atomic mass is 9.93. The van der Waals surface area contributed by atoms with Gasteiger partial charge in [-0.05, 0) is 13.0 Å². The molecule has 5 aliphatic rings. The molecular weight excluding hydrogens is 486 g/mol. The Morgan fingerprint density at radius 1 is 1.11 bits per heavy atom. The predicted octanol–water partition coefficient (Wildman–Crippen LogP) is -1.93. The van der Waals surface area contributed by atoms with Crippen molar-refractivity contribution in [2.45, 2.75) is 56.5 Å². The van der Waals surface area contributed by atoms with Crippen molar-refractivity contribution >= 4 is 11.8 Å². The highest BCUT2D eigenvalue weighted by molar-refractivity contribution is 5.81. The van der Waals surface area contributed by atoms with E-state index in [4.69, 9.17) is 10.5 Å². The number of piperidine rings is 1. The minimum Gasteiger partial charge on any atom is -0.380 e. The second-order valence-corrected chi connectivity index (χ2v) is 11.1. The van der Waals surface area contributed by atoms with E-state index in [1.54, 1.807) is 5.01 Å². The number of carbonyl (C=O) groups is 2. The Hall–Kier alpha value is -1.48. The third-order valence-electron chi connectivity index (χ3n) is 8.48. The molecule has 2 amide bonds. The third kappa shape index (κ3) is 5.77. The van der Waals surface area contributed by atoms with Crippen LogP contribution in [0.2, 0.25) is 0 Å². The Kier molecular flexibility index (Phi) is 8.59. The van der Waals surface area contributed by atoms with Crippen LogP contribution >= 0.6 is 0 Å². The molecule has 7 atom stereocenters. The van der Waals surface area contributed by atoms with Gasteiger partial charge in [0.1, 0.15) is 12.3 Å². The van der Waals surface area contributed by atoms with Crippen molar-refractivity contribution in [3.05, 3.63) is 0 Å². The van der Waals surface area contributed by atoms with E-state index in [9.17, 15) is 14.0 Å². The van der Waals surface area contributed by atoms with E-state index in [-0.39, 0.29) is 30.8 Å². The average Bonchev–Trinajstić information content (AvgIpc) is 3.16. The number of nitrogens with zero attached hydrogens (tertiary/aromatic N) is 4. The van der Waals surface area contributed by atoms with Crippen molar-refractivity contribution in [3.63, 3.8) is 0 Å². The minimum atomic E-state index is -1.13. The maximum atomic E-state index is 15.8. The number of alkyl halides is 2. The summed E-state index contributed by atoms with van der Waals surface area (Å²) in [5, 5.41) is 7.90. The van der Waals surface area contributed by atoms with E-state index in [1.807, 2.05) is 4.90 Å². The van der Waals surface area contributed by atoms with Gasteiger partial charge in [0.15, 0.2) is 0 Å². The molecule has 210 valence electrons. The van der Waals surface area contributed by atoms with Crippen LogP contribution in [0.25, 0.3) is 0 Å². The number of nitrogens with two attached hydrogens (primary N) is 1. The first-order chi connectivity index (χ1) is 17.9. The van der Waals surface area contributed by atoms with Gasteiger partial charge in [-0.15, -0.1) is 0 Å². The molecular formula is C24H42F2N8O3. The van der Waals surface area contributed by atoms with Crippen molar-refractivity contribution in [1.82, 2.24) is 35.8 Å². The van der Waals surface area contributed by atoms with Gasteiger partial charge in [0.05, 0.1) is 49.5 Å². The summed E-state index contributed by atoms with van der Waals surface area (Å²) in [5.41, 5.74) is 9.27. The van der Waals surface area contributed by atoms with E-state index in [0.29, 0.717) is 52.5 Å². The Morgan fingerprint density at radius 3 is 2.54 bits per heavy atom. The molecule has 0 spiro atoms. The van der Waals surface area contributed by atoms with E-state index in [2.05, 4.69) is 32.8 Å². The summed E-state index contributed by atoms with van der Waals surface area (Å²) in [6, 6.07) is -0.906. The lowest BCUT2D eigenvalue weighted by Crippen LogP contribution is -2.69. The lowest BCUT2D eigenvalue weighted by Gasteiger charge is -2.49. The fraction of sp³-hybridized carbons (Fsp3) is 0.917. The number of hydrazine groups is 1. The second kappa shape index (κ2) is 11.7. The Labute approximate surface area is 217 Å². The first-order valence-corrected chi connectivity index (χ1v) is 13.8. The van der Waals surface area contributed by atoms with Crippen LogP contribution in [0.3, 0.4) is 0 Å². The zero-order valence-electron chi connectivity index (χ0n) is 21.7. The number of amides is 2. The van der Waals surface area contributed by atoms with Crippen molar-refractivity contribution in [3.8, 4) is 0 Å². The SMILES string of the molecule is CCCCN1CC(F)C(N2CCN(C(=O)C3COC3)CC2)C(NC(=O)C2C(N)NN3CC(F)CNC23)C1. The Bertz CT molecular complexity index is 815. The van der Waals surface area contributed by atoms with Crippen LogP contribution in [0.1, 0.15) is 19.8 Å². The van der Waals surface area contributed by atoms with Crippen LogP contribution in [0, 0.1) is 11.8 Å². The highest BCUT2D eigenvalue weighted by Gasteiger charge is 2.49. The number of hydrogen-bond donors (Lipinski definition) is 4. The van der Waals surface area contributed by atoms with Gasteiger partial charge >= 0.3 is 0 Å². The molecule has 5 aliphatic heterocycles. The zero-order valence-corrected chi connectivity index (χ0v) is 21.7. The van der Waals surface area contributed by atoms with Crippen LogP contribution < -0.4 is 21.8 Å². The summed E-state index contributed by atoms with van der Waals surface area (Å²) in [6.07, 6.45) is -1.27. The number of likely N-dealkylation sites (tertiary alicyclic amines) is 1. The predicted molar refractivity (Wildman–Crippen MR) is 132 cm³/mol. The zero-order chi connectivity index (χ0) is 26.1. The standard InChI is InChI=1S/C24H42F2N8O3/c1-2-3-4-31-11-17(26)20(32-5-7-33(8-6-32)24(36)15-13-37-14-15)18(12-31)29-23(35)19-21(27)30-34-10-16(25)9-28-22(19)34/h15-22,28,30H,2-14,27H2,1H3,(H,29,35). The summed E-state index contributed by atoms with van der Waals surface area (Å²) < 4.78 is 34.8. The van der Waals surface area contributed by atoms with Gasteiger partial charge in [-0.25, -0.2) is 19.2 Å². The molecule has 0 bridgehead atoms. The van der Waals surface area contributed by atoms with E-state index < -0.39 is 42.7 Å². The van der Waals surface area contributed by atoms with E-state index >= 15 is 4.39 Å². The molecule has 0 radical (unpaired) electrons. The molecule has 5 N–H and O–H groups in total. The first kappa shape index (κ1) is 27.1. The maximum absolute atomic E-state index is 15.8. The largest absolute Gasteiger partial charge is 0.380 e. The maximum Gasteiger partial charge on any atom is 0.230 e. The van der Waals surface area contributed by atoms with Crippen molar-refractivity contribution in [2.75, 3.05) is 72.1 Å². The topological polar surface area (TPSA) is 118 Å². The minimum absolute atomic E-state index is 0.0563. The number of ether oxygens (including phenoxy) is 1. The van der Waals surface area contributed by atoms with Gasteiger partial charge in [-0.3, -0.25) is 24.7 Å². The van der Waals surface area contributed by atoms with Gasteiger partial charge in [-0.2, -0.15) is 0 Å². The normalized spacial score (nSPS) is 38.3. The number of carbonyl (C=O) groups excluding carboxylic acids is 2. The summed E-state index contributed by atoms with van der Waals surface area (Å²) in [5.74, 6) is -0.823. The molecule has 0 aromatic heterocycles. The first-order valence-electron chi connectivity index (χ1n) is 13.8. The van der Waals surface area contributed by atoms with Crippen LogP contribution in [0.4, 0.5) is 8.78 Å². The van der Waals surface area contributed by atoms with Crippen molar-refractivity contribution < 1.29 is 23.1 Å². The fourth-order valence-corrected chi connectivity index (χ4v) is 6.38. The quantitative estimate of drug-likeness (QED) is 0.300. The van der Waals surface area contributed by atoms with Gasteiger partial charge in [0, 0.05) is 52.4 Å². The number of unbranched alkanes of at least 4 members (excludes halogenated alkanes) is 1. The number of piperazine rings is 1. The van der Waals surface area contributed by atoms with Gasteiger partial charge in [0.25, 0.3) is 0 Å². The van der Waals surface area contributed by atoms with Gasteiger partial charge < -0.3 is 20.7 Å². The average molecular weight is 529 g/mol. The van der Waals surface area contributed by atoms with Crippen molar-refractivity contribution in [1.29, 1.82) is 0 Å². The lowest BCUT2D eigenvalue weighted by molar-refractivity contribution is -0.152. The number of hydrogen-bond acceptors (Lipinski definition) is 9. The van der Waals surface area contributed by atoms with E-state index in [1.165, 1.54) is 0 Å². The smallest absolute Gasteiger partial charge is 0.230 e. The van der Waals surface area contributed by atoms with Crippen molar-refractivity contribution in [2.24, 2.45) is 17.6 Å². The van der Waals surface area contributed by atoms with Crippen LogP contribution in [-0.2, 0) is 14.3 Å². The summed E-state index contributed by atoms with van der Waals surface area (Å²) in [7, 11) is 0. The molecule has 5 saturated heterocycles. The summed E-state index contributed by atoms with van der Waals surface area (Å²) in [6.45, 7) is 7.27. The molecule has 0 aromatic rings. The Morgan fingerprint density at radius 2 is 1.86 bits per heavy atom. The Balaban J connectivity index is 1.26. The van der Waals surface area contributed by atoms with Gasteiger partial charge in [0.2, 0.25) is 11.8 Å². The van der Waals surface area contributed by atoms with E-state index in [0.717, 1.165) is 19.4 Å². The summed E-state index contributed by atoms with van der Waals surface area (Å²) >= 11 is 0. The molecule has 0 aliphatic carbocycles. The molecule has 11 nitrogen and oxygen atoms in total. The molecule has 37 heavy (non-hydrogen) atoms. The molecule has 5 fully saturated rings. The van der Waals surface area contributed by atoms with Crippen LogP contribution in [-0.4, -0.2) is 140 Å². The van der Waals surface area contributed by atoms with Crippen LogP contribution in [0.5, 0.6) is 0 Å². The number of fused-ring (bicyclic) bond motifs is 1. The highest BCUT2D eigenvalue weighted by Crippen LogP contribution is 2.26. The highest BCUT2D eigenvalue weighted by atomic mass is 19.1. The summed E-state index contributed by atoms with van der Waals surface area (Å²) in [4.78, 5) is 32.2. The molecule has 13 heteroatoms. The van der Waals surface area contributed by atoms with Crippen LogP contribution in [0.15, 0.2) is 0 Å². The monoisotopic (exact) mass is 528 g/mol. The molecule has 5 rings (SSSR count). The fourth-order valence-electron chi connectivity index (χ4n) is 6.38. The van der Waals surface area contributed by atoms with Gasteiger partial charge in [-0.1, -0.05) is 13.3 Å². The molecule has 0 saturated carbocycles.